The van der Waals surface area contributed by atoms with Gasteiger partial charge in [-0.05, 0) is 47.4 Å². The van der Waals surface area contributed by atoms with E-state index in [4.69, 9.17) is 0 Å². The third kappa shape index (κ3) is 4.81. The van der Waals surface area contributed by atoms with Gasteiger partial charge in [-0.25, -0.2) is 8.42 Å². The summed E-state index contributed by atoms with van der Waals surface area (Å²) in [6.45, 7) is 0.621. The standard InChI is InChI=1S/C27H29N3O4S/c31-26(28-18-20-13-14-21-7-4-5-8-23(21)17-20)25-19-29(35(33,34)24-11-2-1-3-12-24)15-16-30(25)27(32)22-9-6-10-22/h1-5,7-8,11-14,17,22,25H,6,9-10,15-16,18-19H2,(H,28,31). The van der Waals surface area contributed by atoms with E-state index in [1.807, 2.05) is 42.5 Å². The Labute approximate surface area is 205 Å². The first-order valence-electron chi connectivity index (χ1n) is 12.0. The summed E-state index contributed by atoms with van der Waals surface area (Å²) in [5.74, 6) is -0.444. The van der Waals surface area contributed by atoms with Gasteiger partial charge in [-0.3, -0.25) is 9.59 Å². The van der Waals surface area contributed by atoms with Gasteiger partial charge in [0.25, 0.3) is 0 Å². The van der Waals surface area contributed by atoms with Gasteiger partial charge >= 0.3 is 0 Å². The van der Waals surface area contributed by atoms with Crippen LogP contribution in [-0.4, -0.2) is 55.1 Å². The van der Waals surface area contributed by atoms with Crippen LogP contribution >= 0.6 is 0 Å². The maximum absolute atomic E-state index is 13.4. The minimum Gasteiger partial charge on any atom is -0.350 e. The van der Waals surface area contributed by atoms with Crippen molar-refractivity contribution in [3.8, 4) is 0 Å². The highest BCUT2D eigenvalue weighted by molar-refractivity contribution is 7.89. The van der Waals surface area contributed by atoms with Crippen molar-refractivity contribution in [3.63, 3.8) is 0 Å². The number of hydrogen-bond donors (Lipinski definition) is 1. The molecule has 1 saturated heterocycles. The maximum atomic E-state index is 13.4. The second kappa shape index (κ2) is 9.79. The van der Waals surface area contributed by atoms with Crippen molar-refractivity contribution in [3.05, 3.63) is 78.4 Å². The Morgan fingerprint density at radius 3 is 2.31 bits per heavy atom. The van der Waals surface area contributed by atoms with Crippen LogP contribution in [0.25, 0.3) is 10.8 Å². The third-order valence-electron chi connectivity index (χ3n) is 7.04. The van der Waals surface area contributed by atoms with Gasteiger partial charge in [-0.2, -0.15) is 4.31 Å². The molecular formula is C27H29N3O4S. The van der Waals surface area contributed by atoms with E-state index in [1.165, 1.54) is 4.31 Å². The van der Waals surface area contributed by atoms with Crippen molar-refractivity contribution >= 4 is 32.6 Å². The first-order chi connectivity index (χ1) is 16.9. The molecule has 1 saturated carbocycles. The number of nitrogens with one attached hydrogen (secondary N) is 1. The molecule has 1 aliphatic heterocycles. The highest BCUT2D eigenvalue weighted by Crippen LogP contribution is 2.30. The molecule has 0 bridgehead atoms. The first kappa shape index (κ1) is 23.5. The molecule has 3 aromatic carbocycles. The summed E-state index contributed by atoms with van der Waals surface area (Å²) < 4.78 is 27.8. The van der Waals surface area contributed by atoms with E-state index in [9.17, 15) is 18.0 Å². The number of fused-ring (bicyclic) bond motifs is 1. The largest absolute Gasteiger partial charge is 0.350 e. The number of nitrogens with zero attached hydrogens (tertiary/aromatic N) is 2. The SMILES string of the molecule is O=C(NCc1ccc2ccccc2c1)C1CN(S(=O)(=O)c2ccccc2)CCN1C(=O)C1CCC1. The highest BCUT2D eigenvalue weighted by atomic mass is 32.2. The van der Waals surface area contributed by atoms with Crippen molar-refractivity contribution < 1.29 is 18.0 Å². The van der Waals surface area contributed by atoms with Gasteiger partial charge in [0.05, 0.1) is 4.90 Å². The van der Waals surface area contributed by atoms with Crippen LogP contribution in [0.1, 0.15) is 24.8 Å². The molecule has 7 nitrogen and oxygen atoms in total. The minimum atomic E-state index is -3.77. The van der Waals surface area contributed by atoms with Gasteiger partial charge < -0.3 is 10.2 Å². The maximum Gasteiger partial charge on any atom is 0.244 e. The predicted molar refractivity (Wildman–Crippen MR) is 134 cm³/mol. The number of carbonyl (C=O) groups excluding carboxylic acids is 2. The Hall–Kier alpha value is -3.23. The Bertz CT molecular complexity index is 1340. The van der Waals surface area contributed by atoms with E-state index < -0.39 is 16.1 Å². The molecule has 0 aromatic heterocycles. The van der Waals surface area contributed by atoms with Crippen LogP contribution in [0.4, 0.5) is 0 Å². The lowest BCUT2D eigenvalue weighted by molar-refractivity contribution is -0.148. The van der Waals surface area contributed by atoms with Gasteiger partial charge in [-0.1, -0.05) is 61.0 Å². The van der Waals surface area contributed by atoms with Gasteiger partial charge in [0.1, 0.15) is 6.04 Å². The van der Waals surface area contributed by atoms with Crippen LogP contribution in [0.2, 0.25) is 0 Å². The summed E-state index contributed by atoms with van der Waals surface area (Å²) in [7, 11) is -3.77. The molecule has 3 aromatic rings. The second-order valence-corrected chi connectivity index (χ2v) is 11.2. The van der Waals surface area contributed by atoms with Gasteiger partial charge in [0.15, 0.2) is 0 Å². The van der Waals surface area contributed by atoms with Crippen molar-refractivity contribution in [1.82, 2.24) is 14.5 Å². The molecular weight excluding hydrogens is 462 g/mol. The van der Waals surface area contributed by atoms with Crippen LogP contribution in [0.5, 0.6) is 0 Å². The Balaban J connectivity index is 1.35. The summed E-state index contributed by atoms with van der Waals surface area (Å²) in [5, 5.41) is 5.15. The monoisotopic (exact) mass is 491 g/mol. The number of hydrogen-bond acceptors (Lipinski definition) is 4. The fraction of sp³-hybridized carbons (Fsp3) is 0.333. The molecule has 35 heavy (non-hydrogen) atoms. The number of carbonyl (C=O) groups is 2. The quantitative estimate of drug-likeness (QED) is 0.574. The fourth-order valence-corrected chi connectivity index (χ4v) is 6.21. The first-order valence-corrected chi connectivity index (χ1v) is 13.5. The van der Waals surface area contributed by atoms with Crippen molar-refractivity contribution in [2.75, 3.05) is 19.6 Å². The van der Waals surface area contributed by atoms with Crippen molar-refractivity contribution in [1.29, 1.82) is 0 Å². The molecule has 1 heterocycles. The summed E-state index contributed by atoms with van der Waals surface area (Å²) in [5.41, 5.74) is 0.943. The van der Waals surface area contributed by atoms with E-state index in [2.05, 4.69) is 5.32 Å². The molecule has 5 rings (SSSR count). The smallest absolute Gasteiger partial charge is 0.244 e. The Morgan fingerprint density at radius 2 is 1.60 bits per heavy atom. The molecule has 0 radical (unpaired) electrons. The second-order valence-electron chi connectivity index (χ2n) is 9.25. The number of sulfonamides is 1. The fourth-order valence-electron chi connectivity index (χ4n) is 4.75. The van der Waals surface area contributed by atoms with Crippen LogP contribution in [0.3, 0.4) is 0 Å². The topological polar surface area (TPSA) is 86.8 Å². The lowest BCUT2D eigenvalue weighted by Gasteiger charge is -2.42. The van der Waals surface area contributed by atoms with Gasteiger partial charge in [0.2, 0.25) is 21.8 Å². The normalized spacial score (nSPS) is 19.3. The molecule has 1 atom stereocenters. The van der Waals surface area contributed by atoms with E-state index in [-0.39, 0.29) is 42.3 Å². The lowest BCUT2D eigenvalue weighted by atomic mass is 9.84. The van der Waals surface area contributed by atoms with Crippen LogP contribution < -0.4 is 5.32 Å². The number of piperazine rings is 1. The van der Waals surface area contributed by atoms with Crippen LogP contribution in [0.15, 0.2) is 77.7 Å². The summed E-state index contributed by atoms with van der Waals surface area (Å²) in [6, 6.07) is 21.4. The predicted octanol–water partition coefficient (Wildman–Crippen LogP) is 3.16. The zero-order chi connectivity index (χ0) is 24.4. The molecule has 1 aliphatic carbocycles. The third-order valence-corrected chi connectivity index (χ3v) is 8.92. The van der Waals surface area contributed by atoms with Crippen LogP contribution in [-0.2, 0) is 26.2 Å². The molecule has 2 aliphatic rings. The molecule has 0 spiro atoms. The lowest BCUT2D eigenvalue weighted by Crippen LogP contribution is -2.62. The van der Waals surface area contributed by atoms with E-state index in [1.54, 1.807) is 35.2 Å². The molecule has 1 N–H and O–H groups in total. The number of rotatable bonds is 6. The number of benzene rings is 3. The Morgan fingerprint density at radius 1 is 0.886 bits per heavy atom. The van der Waals surface area contributed by atoms with E-state index in [0.717, 1.165) is 35.6 Å². The molecule has 8 heteroatoms. The van der Waals surface area contributed by atoms with E-state index >= 15 is 0 Å². The Kier molecular flexibility index (Phi) is 6.58. The number of amides is 2. The zero-order valence-electron chi connectivity index (χ0n) is 19.5. The molecule has 2 amide bonds. The van der Waals surface area contributed by atoms with Crippen molar-refractivity contribution in [2.45, 2.75) is 36.7 Å². The van der Waals surface area contributed by atoms with E-state index in [0.29, 0.717) is 6.54 Å². The van der Waals surface area contributed by atoms with Crippen molar-refractivity contribution in [2.24, 2.45) is 5.92 Å². The average molecular weight is 492 g/mol. The summed E-state index contributed by atoms with van der Waals surface area (Å²) in [6.07, 6.45) is 2.66. The molecule has 182 valence electrons. The summed E-state index contributed by atoms with van der Waals surface area (Å²) >= 11 is 0. The minimum absolute atomic E-state index is 0.0427. The molecule has 2 fully saturated rings. The summed E-state index contributed by atoms with van der Waals surface area (Å²) in [4.78, 5) is 28.3. The van der Waals surface area contributed by atoms with Gasteiger partial charge in [-0.15, -0.1) is 0 Å². The zero-order valence-corrected chi connectivity index (χ0v) is 20.3. The molecule has 1 unspecified atom stereocenters. The van der Waals surface area contributed by atoms with Gasteiger partial charge in [0, 0.05) is 32.1 Å². The average Bonchev–Trinajstić information content (AvgIpc) is 2.86. The highest BCUT2D eigenvalue weighted by Gasteiger charge is 2.42. The van der Waals surface area contributed by atoms with Crippen LogP contribution in [0, 0.1) is 5.92 Å².